The SMILES string of the molecule is CCOC(=O)c1nc(C)c(C)nc1CCl. The maximum atomic E-state index is 11.5. The van der Waals surface area contributed by atoms with Gasteiger partial charge in [-0.1, -0.05) is 0 Å². The van der Waals surface area contributed by atoms with Crippen LogP contribution in [-0.2, 0) is 10.6 Å². The average molecular weight is 229 g/mol. The molecule has 0 aliphatic carbocycles. The molecule has 1 rings (SSSR count). The molecule has 0 aromatic carbocycles. The molecule has 0 saturated carbocycles. The molecule has 15 heavy (non-hydrogen) atoms. The molecule has 82 valence electrons. The Morgan fingerprint density at radius 3 is 2.47 bits per heavy atom. The third-order valence-electron chi connectivity index (χ3n) is 1.97. The van der Waals surface area contributed by atoms with E-state index in [9.17, 15) is 4.79 Å². The van der Waals surface area contributed by atoms with Crippen molar-refractivity contribution in [3.8, 4) is 0 Å². The summed E-state index contributed by atoms with van der Waals surface area (Å²) in [6.45, 7) is 5.68. The van der Waals surface area contributed by atoms with E-state index in [2.05, 4.69) is 9.97 Å². The minimum atomic E-state index is -0.469. The maximum absolute atomic E-state index is 11.5. The van der Waals surface area contributed by atoms with Crippen LogP contribution in [0, 0.1) is 13.8 Å². The summed E-state index contributed by atoms with van der Waals surface area (Å²) in [5.41, 5.74) is 2.18. The fourth-order valence-electron chi connectivity index (χ4n) is 1.11. The van der Waals surface area contributed by atoms with Crippen molar-refractivity contribution in [3.63, 3.8) is 0 Å². The summed E-state index contributed by atoms with van der Waals surface area (Å²) in [7, 11) is 0. The van der Waals surface area contributed by atoms with E-state index in [-0.39, 0.29) is 11.6 Å². The summed E-state index contributed by atoms with van der Waals surface area (Å²) >= 11 is 5.69. The number of hydrogen-bond acceptors (Lipinski definition) is 4. The summed E-state index contributed by atoms with van der Waals surface area (Å²) in [6.07, 6.45) is 0. The number of nitrogens with zero attached hydrogens (tertiary/aromatic N) is 2. The Morgan fingerprint density at radius 2 is 1.93 bits per heavy atom. The van der Waals surface area contributed by atoms with Crippen molar-refractivity contribution in [2.75, 3.05) is 6.61 Å². The minimum absolute atomic E-state index is 0.155. The maximum Gasteiger partial charge on any atom is 0.358 e. The molecule has 1 aromatic rings. The lowest BCUT2D eigenvalue weighted by Crippen LogP contribution is -2.13. The molecule has 0 atom stereocenters. The van der Waals surface area contributed by atoms with Gasteiger partial charge in [0.1, 0.15) is 0 Å². The predicted octanol–water partition coefficient (Wildman–Crippen LogP) is 2.01. The number of carbonyl (C=O) groups excluding carboxylic acids is 1. The summed E-state index contributed by atoms with van der Waals surface area (Å²) in [4.78, 5) is 19.8. The standard InChI is InChI=1S/C10H13ClN2O2/c1-4-15-10(14)9-8(5-11)12-6(2)7(3)13-9/h4-5H2,1-3H3. The van der Waals surface area contributed by atoms with Crippen LogP contribution in [0.5, 0.6) is 0 Å². The first-order valence-corrected chi connectivity index (χ1v) is 5.20. The number of carbonyl (C=O) groups is 1. The van der Waals surface area contributed by atoms with Crippen LogP contribution < -0.4 is 0 Å². The van der Waals surface area contributed by atoms with Gasteiger partial charge in [0.2, 0.25) is 0 Å². The van der Waals surface area contributed by atoms with Gasteiger partial charge in [0.05, 0.1) is 29.6 Å². The summed E-state index contributed by atoms with van der Waals surface area (Å²) < 4.78 is 4.87. The molecule has 0 spiro atoms. The number of rotatable bonds is 3. The Labute approximate surface area is 93.6 Å². The molecule has 0 N–H and O–H groups in total. The topological polar surface area (TPSA) is 52.1 Å². The zero-order valence-corrected chi connectivity index (χ0v) is 9.76. The summed E-state index contributed by atoms with van der Waals surface area (Å²) in [6, 6.07) is 0. The van der Waals surface area contributed by atoms with Crippen molar-refractivity contribution in [3.05, 3.63) is 22.8 Å². The Morgan fingerprint density at radius 1 is 1.33 bits per heavy atom. The highest BCUT2D eigenvalue weighted by Gasteiger charge is 2.16. The van der Waals surface area contributed by atoms with Gasteiger partial charge in [-0.2, -0.15) is 0 Å². The molecular weight excluding hydrogens is 216 g/mol. The summed E-state index contributed by atoms with van der Waals surface area (Å²) in [5, 5.41) is 0. The van der Waals surface area contributed by atoms with Crippen molar-refractivity contribution in [1.29, 1.82) is 0 Å². The second kappa shape index (κ2) is 5.07. The zero-order valence-electron chi connectivity index (χ0n) is 9.00. The fraction of sp³-hybridized carbons (Fsp3) is 0.500. The van der Waals surface area contributed by atoms with Gasteiger partial charge < -0.3 is 4.74 Å². The van der Waals surface area contributed by atoms with Crippen molar-refractivity contribution in [2.45, 2.75) is 26.7 Å². The van der Waals surface area contributed by atoms with Gasteiger partial charge in [0, 0.05) is 0 Å². The first-order valence-electron chi connectivity index (χ1n) is 4.67. The van der Waals surface area contributed by atoms with E-state index in [0.29, 0.717) is 18.0 Å². The lowest BCUT2D eigenvalue weighted by atomic mass is 10.2. The normalized spacial score (nSPS) is 10.1. The zero-order chi connectivity index (χ0) is 11.4. The molecule has 0 saturated heterocycles. The Balaban J connectivity index is 3.15. The van der Waals surface area contributed by atoms with Crippen LogP contribution in [0.2, 0.25) is 0 Å². The van der Waals surface area contributed by atoms with Crippen molar-refractivity contribution in [2.24, 2.45) is 0 Å². The number of aryl methyl sites for hydroxylation is 2. The van der Waals surface area contributed by atoms with E-state index in [1.165, 1.54) is 0 Å². The highest BCUT2D eigenvalue weighted by molar-refractivity contribution is 6.17. The third kappa shape index (κ3) is 2.65. The first-order chi connectivity index (χ1) is 7.10. The average Bonchev–Trinajstić information content (AvgIpc) is 2.21. The second-order valence-corrected chi connectivity index (χ2v) is 3.31. The van der Waals surface area contributed by atoms with E-state index in [4.69, 9.17) is 16.3 Å². The molecule has 4 nitrogen and oxygen atoms in total. The van der Waals surface area contributed by atoms with Gasteiger partial charge in [-0.05, 0) is 20.8 Å². The first kappa shape index (κ1) is 11.9. The van der Waals surface area contributed by atoms with E-state index in [0.717, 1.165) is 5.69 Å². The molecule has 0 fully saturated rings. The lowest BCUT2D eigenvalue weighted by molar-refractivity contribution is 0.0517. The molecule has 0 aliphatic rings. The molecule has 0 bridgehead atoms. The number of aromatic nitrogens is 2. The molecule has 0 unspecified atom stereocenters. The van der Waals surface area contributed by atoms with Crippen LogP contribution in [0.15, 0.2) is 0 Å². The van der Waals surface area contributed by atoms with Crippen LogP contribution >= 0.6 is 11.6 Å². The van der Waals surface area contributed by atoms with Gasteiger partial charge in [-0.25, -0.2) is 9.78 Å². The number of ether oxygens (including phenoxy) is 1. The molecule has 0 aliphatic heterocycles. The van der Waals surface area contributed by atoms with Crippen LogP contribution in [0.25, 0.3) is 0 Å². The molecule has 0 radical (unpaired) electrons. The second-order valence-electron chi connectivity index (χ2n) is 3.04. The fourth-order valence-corrected chi connectivity index (χ4v) is 1.29. The van der Waals surface area contributed by atoms with Gasteiger partial charge in [0.15, 0.2) is 5.69 Å². The van der Waals surface area contributed by atoms with Crippen LogP contribution in [0.1, 0.15) is 34.5 Å². The van der Waals surface area contributed by atoms with Gasteiger partial charge in [0.25, 0.3) is 0 Å². The van der Waals surface area contributed by atoms with Crippen molar-refractivity contribution < 1.29 is 9.53 Å². The lowest BCUT2D eigenvalue weighted by Gasteiger charge is -2.07. The number of esters is 1. The van der Waals surface area contributed by atoms with Gasteiger partial charge in [-0.3, -0.25) is 4.98 Å². The van der Waals surface area contributed by atoms with E-state index in [1.54, 1.807) is 13.8 Å². The van der Waals surface area contributed by atoms with Crippen LogP contribution in [-0.4, -0.2) is 22.5 Å². The highest BCUT2D eigenvalue weighted by Crippen LogP contribution is 2.11. The number of alkyl halides is 1. The van der Waals surface area contributed by atoms with Crippen LogP contribution in [0.4, 0.5) is 0 Å². The minimum Gasteiger partial charge on any atom is -0.461 e. The molecule has 0 amide bonds. The molecular formula is C10H13ClN2O2. The van der Waals surface area contributed by atoms with Crippen LogP contribution in [0.3, 0.4) is 0 Å². The third-order valence-corrected chi connectivity index (χ3v) is 2.23. The number of halogens is 1. The van der Waals surface area contributed by atoms with Gasteiger partial charge >= 0.3 is 5.97 Å². The molecule has 1 heterocycles. The molecule has 5 heteroatoms. The Bertz CT molecular complexity index is 380. The summed E-state index contributed by atoms with van der Waals surface area (Å²) in [5.74, 6) is -0.314. The Hall–Kier alpha value is -1.16. The number of hydrogen-bond donors (Lipinski definition) is 0. The van der Waals surface area contributed by atoms with Gasteiger partial charge in [-0.15, -0.1) is 11.6 Å². The highest BCUT2D eigenvalue weighted by atomic mass is 35.5. The smallest absolute Gasteiger partial charge is 0.358 e. The Kier molecular flexibility index (Phi) is 4.03. The van der Waals surface area contributed by atoms with Crippen molar-refractivity contribution >= 4 is 17.6 Å². The predicted molar refractivity (Wildman–Crippen MR) is 57.0 cm³/mol. The van der Waals surface area contributed by atoms with E-state index in [1.807, 2.05) is 6.92 Å². The van der Waals surface area contributed by atoms with E-state index < -0.39 is 5.97 Å². The molecule has 1 aromatic heterocycles. The van der Waals surface area contributed by atoms with E-state index >= 15 is 0 Å². The largest absolute Gasteiger partial charge is 0.461 e. The van der Waals surface area contributed by atoms with Crippen molar-refractivity contribution in [1.82, 2.24) is 9.97 Å². The quantitative estimate of drug-likeness (QED) is 0.587. The monoisotopic (exact) mass is 228 g/mol.